The van der Waals surface area contributed by atoms with Gasteiger partial charge in [-0.2, -0.15) is 0 Å². The molecule has 0 heterocycles. The highest BCUT2D eigenvalue weighted by atomic mass is 17.2. The summed E-state index contributed by atoms with van der Waals surface area (Å²) >= 11 is 0. The molecule has 0 aliphatic rings. The van der Waals surface area contributed by atoms with Crippen LogP contribution in [0.5, 0.6) is 23.0 Å². The van der Waals surface area contributed by atoms with E-state index in [9.17, 15) is 9.59 Å². The second-order valence-corrected chi connectivity index (χ2v) is 8.15. The van der Waals surface area contributed by atoms with Crippen molar-refractivity contribution in [3.8, 4) is 35.3 Å². The van der Waals surface area contributed by atoms with Gasteiger partial charge in [0.25, 0.3) is 5.91 Å². The van der Waals surface area contributed by atoms with E-state index in [1.165, 1.54) is 0 Å². The van der Waals surface area contributed by atoms with Crippen molar-refractivity contribution in [1.29, 1.82) is 0 Å². The lowest BCUT2D eigenvalue weighted by atomic mass is 10.0. The van der Waals surface area contributed by atoms with Crippen molar-refractivity contribution in [2.24, 2.45) is 0 Å². The molecule has 0 spiro atoms. The van der Waals surface area contributed by atoms with Crippen LogP contribution in [0.25, 0.3) is 0 Å². The van der Waals surface area contributed by atoms with Gasteiger partial charge in [0, 0.05) is 12.0 Å². The molecule has 0 aromatic heterocycles. The molecule has 196 valence electrons. The zero-order chi connectivity index (χ0) is 27.3. The predicted molar refractivity (Wildman–Crippen MR) is 143 cm³/mol. The molecule has 39 heavy (non-hydrogen) atoms. The van der Waals surface area contributed by atoms with E-state index in [4.69, 9.17) is 30.7 Å². The molecule has 0 fully saturated rings. The van der Waals surface area contributed by atoms with Crippen LogP contribution in [-0.2, 0) is 16.0 Å². The van der Waals surface area contributed by atoms with Gasteiger partial charge >= 0.3 is 5.97 Å². The Morgan fingerprint density at radius 3 is 1.87 bits per heavy atom. The van der Waals surface area contributed by atoms with E-state index < -0.39 is 17.9 Å². The third-order valence-electron chi connectivity index (χ3n) is 5.31. The van der Waals surface area contributed by atoms with Gasteiger partial charge in [0.1, 0.15) is 6.04 Å². The molecule has 1 N–H and O–H groups in total. The largest absolute Gasteiger partial charge is 0.451 e. The number of hydrogen-bond donors (Lipinski definition) is 1. The molecule has 4 rings (SSSR count). The molecule has 8 heteroatoms. The number of nitrogens with one attached hydrogen (secondary N) is 1. The van der Waals surface area contributed by atoms with Crippen molar-refractivity contribution >= 4 is 11.9 Å². The Labute approximate surface area is 225 Å². The van der Waals surface area contributed by atoms with E-state index in [-0.39, 0.29) is 24.5 Å². The first-order valence-electron chi connectivity index (χ1n) is 12.0. The second-order valence-electron chi connectivity index (χ2n) is 8.15. The lowest BCUT2D eigenvalue weighted by Crippen LogP contribution is -2.43. The summed E-state index contributed by atoms with van der Waals surface area (Å²) in [5.74, 6) is 2.49. The number of esters is 1. The van der Waals surface area contributed by atoms with Gasteiger partial charge in [-0.3, -0.25) is 24.3 Å². The topological polar surface area (TPSA) is 92.3 Å². The van der Waals surface area contributed by atoms with E-state index in [1.807, 2.05) is 12.1 Å². The molecule has 0 radical (unpaired) electrons. The van der Waals surface area contributed by atoms with Gasteiger partial charge in [-0.05, 0) is 54.1 Å². The molecule has 1 amide bonds. The van der Waals surface area contributed by atoms with Gasteiger partial charge in [-0.25, -0.2) is 4.79 Å². The molecule has 8 nitrogen and oxygen atoms in total. The minimum Gasteiger partial charge on any atom is -0.451 e. The third kappa shape index (κ3) is 8.03. The smallest absolute Gasteiger partial charge is 0.329 e. The maximum absolute atomic E-state index is 12.8. The first kappa shape index (κ1) is 26.6. The molecule has 0 bridgehead atoms. The number of terminal acetylenes is 1. The average Bonchev–Trinajstić information content (AvgIpc) is 2.99. The Morgan fingerprint density at radius 2 is 1.28 bits per heavy atom. The van der Waals surface area contributed by atoms with E-state index in [0.717, 1.165) is 0 Å². The Kier molecular flexibility index (Phi) is 9.40. The van der Waals surface area contributed by atoms with E-state index >= 15 is 0 Å². The highest BCUT2D eigenvalue weighted by molar-refractivity contribution is 5.96. The van der Waals surface area contributed by atoms with Crippen molar-refractivity contribution in [1.82, 2.24) is 5.32 Å². The van der Waals surface area contributed by atoms with Crippen LogP contribution in [0.15, 0.2) is 109 Å². The summed E-state index contributed by atoms with van der Waals surface area (Å²) in [4.78, 5) is 47.5. The molecule has 0 saturated heterocycles. The number of rotatable bonds is 12. The summed E-state index contributed by atoms with van der Waals surface area (Å²) in [6.45, 7) is -0.223. The number of hydrogen-bond acceptors (Lipinski definition) is 7. The summed E-state index contributed by atoms with van der Waals surface area (Å²) in [6, 6.07) is 30.3. The predicted octanol–water partition coefficient (Wildman–Crippen LogP) is 4.95. The van der Waals surface area contributed by atoms with Gasteiger partial charge in [0.05, 0.1) is 0 Å². The number of amides is 1. The maximum Gasteiger partial charge on any atom is 0.329 e. The number of carbonyl (C=O) groups excluding carboxylic acids is 2. The van der Waals surface area contributed by atoms with Crippen LogP contribution < -0.4 is 24.9 Å². The zero-order valence-corrected chi connectivity index (χ0v) is 20.8. The summed E-state index contributed by atoms with van der Waals surface area (Å²) in [7, 11) is 0. The SMILES string of the molecule is C#CCOC(=O)C(Cc1ccc(OOc2ccccc2)c(OOc2ccccc2)c1)NC(=O)c1ccccc1. The minimum absolute atomic E-state index is 0.0729. The molecule has 4 aromatic rings. The van der Waals surface area contributed by atoms with E-state index in [1.54, 1.807) is 97.1 Å². The van der Waals surface area contributed by atoms with E-state index in [0.29, 0.717) is 22.6 Å². The van der Waals surface area contributed by atoms with Crippen LogP contribution in [0.1, 0.15) is 15.9 Å². The van der Waals surface area contributed by atoms with Gasteiger partial charge in [-0.1, -0.05) is 66.6 Å². The van der Waals surface area contributed by atoms with Crippen molar-refractivity contribution in [2.75, 3.05) is 6.61 Å². The molecule has 1 atom stereocenters. The standard InChI is InChI=1S/C31H25NO7/c1-2-20-35-31(34)27(32-30(33)24-12-6-3-7-13-24)21-23-18-19-28(38-36-25-14-8-4-9-15-25)29(22-23)39-37-26-16-10-5-11-17-26/h1,3-19,22,27H,20-21H2,(H,32,33). The molecule has 0 aliphatic carbocycles. The molecule has 0 saturated carbocycles. The summed E-state index contributed by atoms with van der Waals surface area (Å²) in [5.41, 5.74) is 1.01. The number of benzene rings is 4. The molecule has 4 aromatic carbocycles. The van der Waals surface area contributed by atoms with Crippen molar-refractivity contribution < 1.29 is 33.9 Å². The Hall–Kier alpha value is -5.42. The van der Waals surface area contributed by atoms with E-state index in [2.05, 4.69) is 11.2 Å². The molecular formula is C31H25NO7. The fourth-order valence-corrected chi connectivity index (χ4v) is 3.43. The fraction of sp³-hybridized carbons (Fsp3) is 0.0968. The van der Waals surface area contributed by atoms with Crippen LogP contribution in [0.4, 0.5) is 0 Å². The summed E-state index contributed by atoms with van der Waals surface area (Å²) in [5, 5.41) is 2.72. The van der Waals surface area contributed by atoms with Crippen molar-refractivity contribution in [2.45, 2.75) is 12.5 Å². The highest BCUT2D eigenvalue weighted by Crippen LogP contribution is 2.30. The Bertz CT molecular complexity index is 1400. The van der Waals surface area contributed by atoms with Crippen LogP contribution in [0, 0.1) is 12.3 Å². The average molecular weight is 524 g/mol. The Balaban J connectivity index is 1.55. The summed E-state index contributed by atoms with van der Waals surface area (Å²) in [6.07, 6.45) is 5.31. The fourth-order valence-electron chi connectivity index (χ4n) is 3.43. The first-order chi connectivity index (χ1) is 19.1. The maximum atomic E-state index is 12.8. The van der Waals surface area contributed by atoms with Crippen LogP contribution in [0.3, 0.4) is 0 Å². The van der Waals surface area contributed by atoms with Crippen LogP contribution in [-0.4, -0.2) is 24.5 Å². The van der Waals surface area contributed by atoms with Crippen LogP contribution in [0.2, 0.25) is 0 Å². The second kappa shape index (κ2) is 13.8. The minimum atomic E-state index is -1.03. The van der Waals surface area contributed by atoms with Gasteiger partial charge < -0.3 is 10.1 Å². The normalized spacial score (nSPS) is 10.8. The zero-order valence-electron chi connectivity index (χ0n) is 20.8. The number of para-hydroxylation sites is 2. The number of carbonyl (C=O) groups is 2. The molecule has 1 unspecified atom stereocenters. The van der Waals surface area contributed by atoms with Gasteiger partial charge in [0.15, 0.2) is 18.1 Å². The lowest BCUT2D eigenvalue weighted by molar-refractivity contribution is -0.144. The quantitative estimate of drug-likeness (QED) is 0.122. The third-order valence-corrected chi connectivity index (χ3v) is 5.31. The monoisotopic (exact) mass is 523 g/mol. The van der Waals surface area contributed by atoms with Crippen molar-refractivity contribution in [3.05, 3.63) is 120 Å². The number of ether oxygens (including phenoxy) is 1. The molecular weight excluding hydrogens is 498 g/mol. The summed E-state index contributed by atoms with van der Waals surface area (Å²) < 4.78 is 5.12. The first-order valence-corrected chi connectivity index (χ1v) is 12.0. The van der Waals surface area contributed by atoms with Crippen LogP contribution >= 0.6 is 0 Å². The lowest BCUT2D eigenvalue weighted by Gasteiger charge is -2.18. The van der Waals surface area contributed by atoms with Gasteiger partial charge in [-0.15, -0.1) is 6.42 Å². The highest BCUT2D eigenvalue weighted by Gasteiger charge is 2.24. The van der Waals surface area contributed by atoms with Gasteiger partial charge in [0.2, 0.25) is 11.5 Å². The van der Waals surface area contributed by atoms with Crippen molar-refractivity contribution in [3.63, 3.8) is 0 Å². The Morgan fingerprint density at radius 1 is 0.718 bits per heavy atom. The molecule has 0 aliphatic heterocycles.